The van der Waals surface area contributed by atoms with Crippen molar-refractivity contribution in [3.63, 3.8) is 0 Å². The van der Waals surface area contributed by atoms with E-state index in [1.165, 1.54) is 9.80 Å². The summed E-state index contributed by atoms with van der Waals surface area (Å²) in [7, 11) is 0. The van der Waals surface area contributed by atoms with Crippen molar-refractivity contribution >= 4 is 23.8 Å². The topological polar surface area (TPSA) is 93.2 Å². The summed E-state index contributed by atoms with van der Waals surface area (Å²) in [5.41, 5.74) is 0.863. The van der Waals surface area contributed by atoms with E-state index in [2.05, 4.69) is 0 Å². The van der Waals surface area contributed by atoms with E-state index in [1.807, 2.05) is 30.3 Å². The van der Waals surface area contributed by atoms with Crippen molar-refractivity contribution < 1.29 is 28.7 Å². The van der Waals surface area contributed by atoms with Crippen LogP contribution >= 0.6 is 0 Å². The first-order valence-corrected chi connectivity index (χ1v) is 10.0. The molecule has 1 aromatic rings. The second kappa shape index (κ2) is 9.54. The summed E-state index contributed by atoms with van der Waals surface area (Å²) in [6.07, 6.45) is 1.70. The molecule has 0 aliphatic carbocycles. The lowest BCUT2D eigenvalue weighted by molar-refractivity contribution is -0.157. The summed E-state index contributed by atoms with van der Waals surface area (Å²) in [4.78, 5) is 52.7. The second-order valence-corrected chi connectivity index (χ2v) is 7.17. The van der Waals surface area contributed by atoms with Crippen LogP contribution in [0.5, 0.6) is 0 Å². The van der Waals surface area contributed by atoms with Crippen LogP contribution in [0.4, 0.5) is 4.79 Å². The molecule has 2 fully saturated rings. The molecule has 2 aliphatic heterocycles. The molecular weight excluding hydrogens is 376 g/mol. The summed E-state index contributed by atoms with van der Waals surface area (Å²) in [6, 6.07) is 7.83. The van der Waals surface area contributed by atoms with Crippen LogP contribution in [0.3, 0.4) is 0 Å². The number of ketones is 1. The summed E-state index contributed by atoms with van der Waals surface area (Å²) in [5, 5.41) is 0. The molecule has 156 valence electrons. The Labute approximate surface area is 169 Å². The summed E-state index contributed by atoms with van der Waals surface area (Å²) in [5.74, 6) is -1.92. The first-order chi connectivity index (χ1) is 14.0. The molecule has 0 radical (unpaired) electrons. The highest BCUT2D eigenvalue weighted by Gasteiger charge is 2.44. The van der Waals surface area contributed by atoms with Gasteiger partial charge >= 0.3 is 12.1 Å². The van der Waals surface area contributed by atoms with Gasteiger partial charge in [0.1, 0.15) is 18.7 Å². The van der Waals surface area contributed by atoms with Crippen LogP contribution in [0.1, 0.15) is 38.2 Å². The van der Waals surface area contributed by atoms with Crippen LogP contribution in [-0.4, -0.2) is 65.3 Å². The lowest BCUT2D eigenvalue weighted by Crippen LogP contribution is -2.52. The van der Waals surface area contributed by atoms with Gasteiger partial charge in [0.05, 0.1) is 6.61 Å². The Bertz CT molecular complexity index is 766. The van der Waals surface area contributed by atoms with Gasteiger partial charge in [-0.3, -0.25) is 14.5 Å². The number of amides is 2. The molecule has 8 heteroatoms. The van der Waals surface area contributed by atoms with Gasteiger partial charge < -0.3 is 14.4 Å². The predicted octanol–water partition coefficient (Wildman–Crippen LogP) is 1.91. The maximum Gasteiger partial charge on any atom is 0.410 e. The Morgan fingerprint density at radius 1 is 0.931 bits per heavy atom. The zero-order chi connectivity index (χ0) is 20.8. The predicted molar refractivity (Wildman–Crippen MR) is 103 cm³/mol. The third-order valence-electron chi connectivity index (χ3n) is 5.29. The normalized spacial score (nSPS) is 21.1. The molecule has 2 saturated heterocycles. The Kier molecular flexibility index (Phi) is 6.85. The molecule has 1 aromatic carbocycles. The van der Waals surface area contributed by atoms with E-state index in [0.29, 0.717) is 38.8 Å². The highest BCUT2D eigenvalue weighted by molar-refractivity contribution is 6.36. The molecule has 29 heavy (non-hydrogen) atoms. The van der Waals surface area contributed by atoms with Crippen LogP contribution in [0.25, 0.3) is 0 Å². The van der Waals surface area contributed by atoms with Gasteiger partial charge in [-0.05, 0) is 38.2 Å². The van der Waals surface area contributed by atoms with Gasteiger partial charge in [0.15, 0.2) is 0 Å². The number of esters is 1. The van der Waals surface area contributed by atoms with Gasteiger partial charge in [-0.1, -0.05) is 30.3 Å². The van der Waals surface area contributed by atoms with Crippen molar-refractivity contribution in [1.29, 1.82) is 0 Å². The maximum atomic E-state index is 13.1. The molecular formula is C21H26N2O6. The molecule has 2 amide bonds. The minimum absolute atomic E-state index is 0.106. The number of likely N-dealkylation sites (tertiary alicyclic amines) is 2. The van der Waals surface area contributed by atoms with Crippen LogP contribution < -0.4 is 0 Å². The van der Waals surface area contributed by atoms with Crippen molar-refractivity contribution in [1.82, 2.24) is 9.80 Å². The molecule has 2 aliphatic rings. The largest absolute Gasteiger partial charge is 0.460 e. The smallest absolute Gasteiger partial charge is 0.410 e. The lowest BCUT2D eigenvalue weighted by Gasteiger charge is -2.30. The fourth-order valence-corrected chi connectivity index (χ4v) is 3.88. The van der Waals surface area contributed by atoms with Crippen LogP contribution in [-0.2, 0) is 30.5 Å². The Morgan fingerprint density at radius 2 is 1.59 bits per heavy atom. The fraction of sp³-hybridized carbons (Fsp3) is 0.524. The van der Waals surface area contributed by atoms with E-state index >= 15 is 0 Å². The van der Waals surface area contributed by atoms with Gasteiger partial charge in [-0.25, -0.2) is 9.59 Å². The zero-order valence-corrected chi connectivity index (χ0v) is 16.5. The molecule has 0 saturated carbocycles. The highest BCUT2D eigenvalue weighted by atomic mass is 16.6. The van der Waals surface area contributed by atoms with E-state index in [1.54, 1.807) is 6.92 Å². The van der Waals surface area contributed by atoms with E-state index in [9.17, 15) is 19.2 Å². The van der Waals surface area contributed by atoms with Crippen molar-refractivity contribution in [2.45, 2.75) is 51.3 Å². The minimum atomic E-state index is -0.914. The van der Waals surface area contributed by atoms with Crippen LogP contribution in [0.2, 0.25) is 0 Å². The molecule has 0 bridgehead atoms. The van der Waals surface area contributed by atoms with Crippen molar-refractivity contribution in [2.75, 3.05) is 19.7 Å². The van der Waals surface area contributed by atoms with Gasteiger partial charge in [0.2, 0.25) is 5.91 Å². The Hall–Kier alpha value is -2.90. The average molecular weight is 402 g/mol. The Balaban J connectivity index is 1.63. The quantitative estimate of drug-likeness (QED) is 0.533. The number of hydrogen-bond acceptors (Lipinski definition) is 6. The second-order valence-electron chi connectivity index (χ2n) is 7.17. The highest BCUT2D eigenvalue weighted by Crippen LogP contribution is 2.26. The van der Waals surface area contributed by atoms with Crippen molar-refractivity contribution in [3.8, 4) is 0 Å². The standard InChI is InChI=1S/C21H26N2O6/c1-2-28-20(26)18(24)16-10-6-12-22(16)19(25)17-11-7-13-23(17)21(27)29-14-15-8-4-3-5-9-15/h3-5,8-9,16-17H,2,6-7,10-14H2,1H3/t16-,17-/m0/s1. The fourth-order valence-electron chi connectivity index (χ4n) is 3.88. The monoisotopic (exact) mass is 402 g/mol. The molecule has 0 aromatic heterocycles. The maximum absolute atomic E-state index is 13.1. The molecule has 8 nitrogen and oxygen atoms in total. The van der Waals surface area contributed by atoms with Crippen molar-refractivity contribution in [3.05, 3.63) is 35.9 Å². The Morgan fingerprint density at radius 3 is 2.28 bits per heavy atom. The van der Waals surface area contributed by atoms with Crippen LogP contribution in [0, 0.1) is 0 Å². The van der Waals surface area contributed by atoms with E-state index in [0.717, 1.165) is 5.56 Å². The summed E-state index contributed by atoms with van der Waals surface area (Å²) >= 11 is 0. The van der Waals surface area contributed by atoms with E-state index in [4.69, 9.17) is 9.47 Å². The molecule has 3 rings (SSSR count). The number of ether oxygens (including phenoxy) is 2. The van der Waals surface area contributed by atoms with E-state index < -0.39 is 29.9 Å². The number of Topliss-reactive ketones (excluding diaryl/α,β-unsaturated/α-hetero) is 1. The third kappa shape index (κ3) is 4.75. The van der Waals surface area contributed by atoms with Crippen LogP contribution in [0.15, 0.2) is 30.3 Å². The minimum Gasteiger partial charge on any atom is -0.460 e. The molecule has 2 atom stereocenters. The average Bonchev–Trinajstić information content (AvgIpc) is 3.41. The third-order valence-corrected chi connectivity index (χ3v) is 5.29. The first-order valence-electron chi connectivity index (χ1n) is 10.0. The van der Waals surface area contributed by atoms with Crippen molar-refractivity contribution in [2.24, 2.45) is 0 Å². The molecule has 0 spiro atoms. The van der Waals surface area contributed by atoms with Gasteiger partial charge in [-0.2, -0.15) is 0 Å². The van der Waals surface area contributed by atoms with E-state index in [-0.39, 0.29) is 19.1 Å². The molecule has 2 heterocycles. The number of carbonyl (C=O) groups is 4. The summed E-state index contributed by atoms with van der Waals surface area (Å²) in [6.45, 7) is 2.67. The first kappa shape index (κ1) is 20.8. The van der Waals surface area contributed by atoms with Gasteiger partial charge in [0.25, 0.3) is 5.78 Å². The zero-order valence-electron chi connectivity index (χ0n) is 16.5. The SMILES string of the molecule is CCOC(=O)C(=O)[C@@H]1CCCN1C(=O)[C@@H]1CCCN1C(=O)OCc1ccccc1. The number of benzene rings is 1. The lowest BCUT2D eigenvalue weighted by atomic mass is 10.1. The molecule has 0 N–H and O–H groups in total. The number of nitrogens with zero attached hydrogens (tertiary/aromatic N) is 2. The summed E-state index contributed by atoms with van der Waals surface area (Å²) < 4.78 is 10.2. The molecule has 0 unspecified atom stereocenters. The number of hydrogen-bond donors (Lipinski definition) is 0. The van der Waals surface area contributed by atoms with Gasteiger partial charge in [-0.15, -0.1) is 0 Å². The van der Waals surface area contributed by atoms with Gasteiger partial charge in [0, 0.05) is 13.1 Å². The number of carbonyl (C=O) groups excluding carboxylic acids is 4. The number of rotatable bonds is 6.